The summed E-state index contributed by atoms with van der Waals surface area (Å²) in [5.41, 5.74) is 2.43. The minimum absolute atomic E-state index is 0.240. The van der Waals surface area contributed by atoms with Crippen LogP contribution in [0.25, 0.3) is 0 Å². The molecule has 0 heterocycles. The second kappa shape index (κ2) is 6.59. The van der Waals surface area contributed by atoms with Crippen LogP contribution < -0.4 is 11.3 Å². The van der Waals surface area contributed by atoms with E-state index in [1.165, 1.54) is 12.1 Å². The van der Waals surface area contributed by atoms with Gasteiger partial charge in [-0.05, 0) is 18.2 Å². The summed E-state index contributed by atoms with van der Waals surface area (Å²) >= 11 is 5.47. The van der Waals surface area contributed by atoms with Crippen molar-refractivity contribution < 1.29 is 24.2 Å². The first kappa shape index (κ1) is 14.1. The number of carboxylic acid groups (broad SMARTS) is 2. The molecule has 8 heteroatoms. The number of nitrogens with one attached hydrogen (secondary N) is 1. The Hall–Kier alpha value is -1.86. The van der Waals surface area contributed by atoms with E-state index in [2.05, 4.69) is 5.43 Å². The molecule has 0 spiro atoms. The van der Waals surface area contributed by atoms with Gasteiger partial charge in [0.15, 0.2) is 0 Å². The van der Waals surface area contributed by atoms with Crippen LogP contribution in [0.2, 0.25) is 5.02 Å². The summed E-state index contributed by atoms with van der Waals surface area (Å²) in [5.74, 6) is 0.870. The number of nitrogens with two attached hydrogens (primary N) is 1. The van der Waals surface area contributed by atoms with E-state index in [1.807, 2.05) is 0 Å². The van der Waals surface area contributed by atoms with Gasteiger partial charge in [0.2, 0.25) is 0 Å². The zero-order valence-corrected chi connectivity index (χ0v) is 8.53. The van der Waals surface area contributed by atoms with Crippen molar-refractivity contribution in [3.05, 3.63) is 29.0 Å². The lowest BCUT2D eigenvalue weighted by Gasteiger charge is -1.99. The third-order valence-corrected chi connectivity index (χ3v) is 1.50. The molecule has 1 aromatic carbocycles. The lowest BCUT2D eigenvalue weighted by molar-refractivity contribution is -0.159. The molecule has 1 aromatic rings. The molecule has 0 aliphatic heterocycles. The summed E-state index contributed by atoms with van der Waals surface area (Å²) in [6, 6.07) is 4.22. The van der Waals surface area contributed by atoms with Crippen molar-refractivity contribution in [2.75, 3.05) is 5.43 Å². The highest BCUT2D eigenvalue weighted by atomic mass is 35.5. The van der Waals surface area contributed by atoms with Gasteiger partial charge < -0.3 is 15.6 Å². The molecule has 0 amide bonds. The Kier molecular flexibility index (Phi) is 5.83. The SMILES string of the molecule is NNc1ccc(Cl)cc1F.O=C(O)C(=O)O. The standard InChI is InChI=1S/C6H6ClFN2.C2H2O4/c7-4-1-2-6(10-9)5(8)3-4;3-1(4)2(5)6/h1-3,10H,9H2;(H,3,4)(H,5,6). The fourth-order valence-corrected chi connectivity index (χ4v) is 0.765. The smallest absolute Gasteiger partial charge is 0.414 e. The summed E-state index contributed by atoms with van der Waals surface area (Å²) in [7, 11) is 0. The highest BCUT2D eigenvalue weighted by molar-refractivity contribution is 6.30. The molecular formula is C8H8ClFN2O4. The summed E-state index contributed by atoms with van der Waals surface area (Å²) in [6.45, 7) is 0. The van der Waals surface area contributed by atoms with Gasteiger partial charge in [-0.25, -0.2) is 14.0 Å². The van der Waals surface area contributed by atoms with E-state index in [9.17, 15) is 4.39 Å². The summed E-state index contributed by atoms with van der Waals surface area (Å²) < 4.78 is 12.6. The van der Waals surface area contributed by atoms with Crippen molar-refractivity contribution in [2.24, 2.45) is 5.84 Å². The molecule has 16 heavy (non-hydrogen) atoms. The second-order valence-electron chi connectivity index (χ2n) is 2.38. The lowest BCUT2D eigenvalue weighted by atomic mass is 10.3. The number of rotatable bonds is 1. The van der Waals surface area contributed by atoms with E-state index < -0.39 is 17.8 Å². The van der Waals surface area contributed by atoms with Crippen molar-refractivity contribution in [1.29, 1.82) is 0 Å². The van der Waals surface area contributed by atoms with Crippen molar-refractivity contribution in [3.63, 3.8) is 0 Å². The Morgan fingerprint density at radius 2 is 1.81 bits per heavy atom. The minimum atomic E-state index is -1.82. The summed E-state index contributed by atoms with van der Waals surface area (Å²) in [4.78, 5) is 18.2. The molecule has 5 N–H and O–H groups in total. The number of anilines is 1. The molecule has 0 atom stereocenters. The van der Waals surface area contributed by atoms with Gasteiger partial charge in [-0.3, -0.25) is 5.84 Å². The molecule has 0 aliphatic carbocycles. The molecule has 0 unspecified atom stereocenters. The number of carbonyl (C=O) groups is 2. The first-order chi connectivity index (χ1) is 7.38. The van der Waals surface area contributed by atoms with Crippen LogP contribution >= 0.6 is 11.6 Å². The van der Waals surface area contributed by atoms with Crippen LogP contribution in [0.3, 0.4) is 0 Å². The normalized spacial score (nSPS) is 8.69. The minimum Gasteiger partial charge on any atom is -0.473 e. The molecule has 88 valence electrons. The maximum absolute atomic E-state index is 12.6. The largest absolute Gasteiger partial charge is 0.473 e. The van der Waals surface area contributed by atoms with Gasteiger partial charge in [0.1, 0.15) is 5.82 Å². The molecule has 0 fully saturated rings. The van der Waals surface area contributed by atoms with Crippen molar-refractivity contribution in [3.8, 4) is 0 Å². The van der Waals surface area contributed by atoms with E-state index in [0.717, 1.165) is 0 Å². The van der Waals surface area contributed by atoms with E-state index in [4.69, 9.17) is 37.2 Å². The molecule has 0 aliphatic rings. The van der Waals surface area contributed by atoms with Crippen LogP contribution in [0.4, 0.5) is 10.1 Å². The predicted molar refractivity (Wildman–Crippen MR) is 54.5 cm³/mol. The van der Waals surface area contributed by atoms with Crippen LogP contribution in [0.5, 0.6) is 0 Å². The molecule has 0 saturated carbocycles. The Labute approximate surface area is 94.4 Å². The third kappa shape index (κ3) is 5.13. The number of aliphatic carboxylic acids is 2. The van der Waals surface area contributed by atoms with Gasteiger partial charge in [0.25, 0.3) is 0 Å². The number of carboxylic acids is 2. The fourth-order valence-electron chi connectivity index (χ4n) is 0.607. The molecule has 0 aromatic heterocycles. The van der Waals surface area contributed by atoms with Crippen LogP contribution in [0, 0.1) is 5.82 Å². The van der Waals surface area contributed by atoms with Crippen molar-refractivity contribution >= 4 is 29.2 Å². The molecule has 0 radical (unpaired) electrons. The van der Waals surface area contributed by atoms with Crippen molar-refractivity contribution in [2.45, 2.75) is 0 Å². The van der Waals surface area contributed by atoms with Gasteiger partial charge >= 0.3 is 11.9 Å². The average Bonchev–Trinajstić information content (AvgIpc) is 2.18. The summed E-state index contributed by atoms with van der Waals surface area (Å²) in [5, 5.41) is 15.1. The van der Waals surface area contributed by atoms with Crippen LogP contribution in [-0.2, 0) is 9.59 Å². The summed E-state index contributed by atoms with van der Waals surface area (Å²) in [6.07, 6.45) is 0. The van der Waals surface area contributed by atoms with Crippen LogP contribution in [0.1, 0.15) is 0 Å². The van der Waals surface area contributed by atoms with Gasteiger partial charge in [-0.1, -0.05) is 11.6 Å². The van der Waals surface area contributed by atoms with Crippen LogP contribution in [-0.4, -0.2) is 22.2 Å². The molecule has 0 saturated heterocycles. The van der Waals surface area contributed by atoms with E-state index >= 15 is 0 Å². The number of halogens is 2. The topological polar surface area (TPSA) is 113 Å². The number of benzene rings is 1. The molecular weight excluding hydrogens is 243 g/mol. The monoisotopic (exact) mass is 250 g/mol. The lowest BCUT2D eigenvalue weighted by Crippen LogP contribution is -2.09. The molecule has 6 nitrogen and oxygen atoms in total. The number of hydrogen-bond donors (Lipinski definition) is 4. The van der Waals surface area contributed by atoms with Gasteiger partial charge in [-0.15, -0.1) is 0 Å². The zero-order chi connectivity index (χ0) is 12.7. The van der Waals surface area contributed by atoms with E-state index in [0.29, 0.717) is 5.02 Å². The quantitative estimate of drug-likeness (QED) is 0.335. The van der Waals surface area contributed by atoms with Gasteiger partial charge in [-0.2, -0.15) is 0 Å². The number of hydrazine groups is 1. The number of hydrogen-bond acceptors (Lipinski definition) is 4. The Bertz CT molecular complexity index is 388. The zero-order valence-electron chi connectivity index (χ0n) is 7.78. The Balaban J connectivity index is 0.000000325. The highest BCUT2D eigenvalue weighted by Crippen LogP contribution is 2.17. The molecule has 1 rings (SSSR count). The predicted octanol–water partition coefficient (Wildman–Crippen LogP) is 0.920. The first-order valence-electron chi connectivity index (χ1n) is 3.76. The first-order valence-corrected chi connectivity index (χ1v) is 4.14. The van der Waals surface area contributed by atoms with Crippen molar-refractivity contribution in [1.82, 2.24) is 0 Å². The highest BCUT2D eigenvalue weighted by Gasteiger charge is 2.04. The van der Waals surface area contributed by atoms with Gasteiger partial charge in [0.05, 0.1) is 5.69 Å². The van der Waals surface area contributed by atoms with Gasteiger partial charge in [0, 0.05) is 5.02 Å². The van der Waals surface area contributed by atoms with E-state index in [1.54, 1.807) is 6.07 Å². The Morgan fingerprint density at radius 1 is 1.31 bits per heavy atom. The van der Waals surface area contributed by atoms with Crippen LogP contribution in [0.15, 0.2) is 18.2 Å². The Morgan fingerprint density at radius 3 is 2.12 bits per heavy atom. The maximum atomic E-state index is 12.6. The fraction of sp³-hybridized carbons (Fsp3) is 0. The average molecular weight is 251 g/mol. The van der Waals surface area contributed by atoms with E-state index in [-0.39, 0.29) is 5.69 Å². The maximum Gasteiger partial charge on any atom is 0.414 e. The second-order valence-corrected chi connectivity index (χ2v) is 2.82. The number of nitrogen functional groups attached to an aromatic ring is 1. The molecule has 0 bridgehead atoms. The third-order valence-electron chi connectivity index (χ3n) is 1.27.